The molecule has 4 nitrogen and oxygen atoms in total. The Hall–Kier alpha value is -2.92. The van der Waals surface area contributed by atoms with Crippen molar-refractivity contribution >= 4 is 34.7 Å². The molecule has 3 rings (SSSR count). The van der Waals surface area contributed by atoms with Crippen molar-refractivity contribution in [3.05, 3.63) is 82.8 Å². The lowest BCUT2D eigenvalue weighted by molar-refractivity contribution is 0.102. The fourth-order valence-electron chi connectivity index (χ4n) is 2.27. The molecule has 3 aromatic rings. The summed E-state index contributed by atoms with van der Waals surface area (Å²) in [5.41, 5.74) is 2.23. The average Bonchev–Trinajstić information content (AvgIpc) is 2.61. The molecule has 0 atom stereocenters. The first-order valence-corrected chi connectivity index (χ1v) is 7.96. The topological polar surface area (TPSA) is 54.0 Å². The Balaban J connectivity index is 1.71. The van der Waals surface area contributed by atoms with Crippen LogP contribution < -0.4 is 10.6 Å². The first-order valence-electron chi connectivity index (χ1n) is 7.58. The van der Waals surface area contributed by atoms with E-state index in [4.69, 9.17) is 11.6 Å². The van der Waals surface area contributed by atoms with Crippen LogP contribution in [0, 0.1) is 12.7 Å². The molecule has 0 spiro atoms. The third kappa shape index (κ3) is 3.95. The Morgan fingerprint density at radius 3 is 2.60 bits per heavy atom. The van der Waals surface area contributed by atoms with Crippen LogP contribution in [-0.2, 0) is 0 Å². The second kappa shape index (κ2) is 7.32. The van der Waals surface area contributed by atoms with Crippen molar-refractivity contribution in [2.75, 3.05) is 10.6 Å². The van der Waals surface area contributed by atoms with E-state index in [0.29, 0.717) is 16.5 Å². The summed E-state index contributed by atoms with van der Waals surface area (Å²) in [6.07, 6.45) is 1.50. The number of amides is 1. The number of rotatable bonds is 4. The molecular weight excluding hydrogens is 341 g/mol. The third-order valence-corrected chi connectivity index (χ3v) is 4.08. The second-order valence-electron chi connectivity index (χ2n) is 5.40. The highest BCUT2D eigenvalue weighted by atomic mass is 35.5. The maximum absolute atomic E-state index is 13.6. The lowest BCUT2D eigenvalue weighted by Crippen LogP contribution is -2.13. The Kier molecular flexibility index (Phi) is 4.95. The van der Waals surface area contributed by atoms with E-state index in [9.17, 15) is 9.18 Å². The third-order valence-electron chi connectivity index (χ3n) is 3.67. The van der Waals surface area contributed by atoms with Crippen molar-refractivity contribution < 1.29 is 9.18 Å². The van der Waals surface area contributed by atoms with Crippen LogP contribution in [-0.4, -0.2) is 10.9 Å². The van der Waals surface area contributed by atoms with Gasteiger partial charge in [-0.1, -0.05) is 29.8 Å². The molecule has 0 radical (unpaired) electrons. The lowest BCUT2D eigenvalue weighted by Gasteiger charge is -2.11. The molecular formula is C19H15ClFN3O. The smallest absolute Gasteiger partial charge is 0.258 e. The lowest BCUT2D eigenvalue weighted by atomic mass is 10.2. The van der Waals surface area contributed by atoms with Gasteiger partial charge in [-0.2, -0.15) is 0 Å². The van der Waals surface area contributed by atoms with Gasteiger partial charge in [0.25, 0.3) is 5.91 Å². The van der Waals surface area contributed by atoms with E-state index in [1.807, 2.05) is 25.1 Å². The number of hydrogen-bond donors (Lipinski definition) is 2. The van der Waals surface area contributed by atoms with Gasteiger partial charge in [0.15, 0.2) is 0 Å². The highest BCUT2D eigenvalue weighted by Crippen LogP contribution is 2.25. The fourth-order valence-corrected chi connectivity index (χ4v) is 2.44. The minimum Gasteiger partial charge on any atom is -0.340 e. The monoisotopic (exact) mass is 355 g/mol. The maximum Gasteiger partial charge on any atom is 0.258 e. The highest BCUT2D eigenvalue weighted by molar-refractivity contribution is 6.31. The standard InChI is InChI=1S/C19H15ClFN3O/c1-12-15(20)6-4-8-17(12)24-18-10-9-13(11-22-18)23-19(25)14-5-2-3-7-16(14)21/h2-11H,1H3,(H,22,24)(H,23,25). The average molecular weight is 356 g/mol. The quantitative estimate of drug-likeness (QED) is 0.678. The number of aromatic nitrogens is 1. The van der Waals surface area contributed by atoms with Crippen LogP contribution in [0.3, 0.4) is 0 Å². The molecule has 6 heteroatoms. The van der Waals surface area contributed by atoms with E-state index in [1.54, 1.807) is 18.2 Å². The van der Waals surface area contributed by atoms with Gasteiger partial charge < -0.3 is 10.6 Å². The van der Waals surface area contributed by atoms with Crippen LogP contribution in [0.1, 0.15) is 15.9 Å². The van der Waals surface area contributed by atoms with Crippen LogP contribution in [0.5, 0.6) is 0 Å². The summed E-state index contributed by atoms with van der Waals surface area (Å²) in [5, 5.41) is 6.45. The summed E-state index contributed by atoms with van der Waals surface area (Å²) in [7, 11) is 0. The molecule has 0 aliphatic rings. The number of carbonyl (C=O) groups excluding carboxylic acids is 1. The minimum atomic E-state index is -0.567. The number of hydrogen-bond acceptors (Lipinski definition) is 3. The summed E-state index contributed by atoms with van der Waals surface area (Å²) >= 11 is 6.10. The molecule has 0 unspecified atom stereocenters. The molecule has 1 heterocycles. The summed E-state index contributed by atoms with van der Waals surface area (Å²) < 4.78 is 13.6. The van der Waals surface area contributed by atoms with Crippen LogP contribution >= 0.6 is 11.6 Å². The zero-order valence-corrected chi connectivity index (χ0v) is 14.1. The van der Waals surface area contributed by atoms with Crippen LogP contribution in [0.4, 0.5) is 21.6 Å². The van der Waals surface area contributed by atoms with Gasteiger partial charge in [0, 0.05) is 10.7 Å². The van der Waals surface area contributed by atoms with Crippen molar-refractivity contribution in [3.63, 3.8) is 0 Å². The largest absolute Gasteiger partial charge is 0.340 e. The molecule has 0 aliphatic carbocycles. The highest BCUT2D eigenvalue weighted by Gasteiger charge is 2.11. The van der Waals surface area contributed by atoms with Gasteiger partial charge in [-0.3, -0.25) is 4.79 Å². The molecule has 0 saturated carbocycles. The van der Waals surface area contributed by atoms with E-state index in [1.165, 1.54) is 24.4 Å². The van der Waals surface area contributed by atoms with E-state index in [-0.39, 0.29) is 5.56 Å². The zero-order valence-electron chi connectivity index (χ0n) is 13.4. The van der Waals surface area contributed by atoms with Crippen LogP contribution in [0.2, 0.25) is 5.02 Å². The molecule has 126 valence electrons. The van der Waals surface area contributed by atoms with Gasteiger partial charge in [-0.25, -0.2) is 9.37 Å². The van der Waals surface area contributed by atoms with E-state index >= 15 is 0 Å². The van der Waals surface area contributed by atoms with E-state index < -0.39 is 11.7 Å². The van der Waals surface area contributed by atoms with E-state index in [0.717, 1.165) is 11.3 Å². The van der Waals surface area contributed by atoms with Gasteiger partial charge in [0.2, 0.25) is 0 Å². The summed E-state index contributed by atoms with van der Waals surface area (Å²) in [6.45, 7) is 1.91. The number of pyridine rings is 1. The summed E-state index contributed by atoms with van der Waals surface area (Å²) in [5.74, 6) is -0.483. The number of carbonyl (C=O) groups is 1. The number of nitrogens with zero attached hydrogens (tertiary/aromatic N) is 1. The first kappa shape index (κ1) is 16.9. The van der Waals surface area contributed by atoms with Gasteiger partial charge in [-0.05, 0) is 48.9 Å². The fraction of sp³-hybridized carbons (Fsp3) is 0.0526. The second-order valence-corrected chi connectivity index (χ2v) is 5.81. The Morgan fingerprint density at radius 2 is 1.88 bits per heavy atom. The van der Waals surface area contributed by atoms with Crippen molar-refractivity contribution in [1.82, 2.24) is 4.98 Å². The number of benzene rings is 2. The Bertz CT molecular complexity index is 913. The predicted octanol–water partition coefficient (Wildman–Crippen LogP) is 5.18. The molecule has 0 saturated heterocycles. The van der Waals surface area contributed by atoms with Crippen molar-refractivity contribution in [2.24, 2.45) is 0 Å². The molecule has 0 fully saturated rings. The zero-order chi connectivity index (χ0) is 17.8. The Morgan fingerprint density at radius 1 is 1.08 bits per heavy atom. The predicted molar refractivity (Wildman–Crippen MR) is 98.1 cm³/mol. The normalized spacial score (nSPS) is 10.4. The molecule has 1 amide bonds. The van der Waals surface area contributed by atoms with Crippen molar-refractivity contribution in [2.45, 2.75) is 6.92 Å². The maximum atomic E-state index is 13.6. The minimum absolute atomic E-state index is 0.0146. The summed E-state index contributed by atoms with van der Waals surface area (Å²) in [6, 6.07) is 14.8. The van der Waals surface area contributed by atoms with Crippen LogP contribution in [0.25, 0.3) is 0 Å². The van der Waals surface area contributed by atoms with Gasteiger partial charge in [0.05, 0.1) is 17.4 Å². The van der Waals surface area contributed by atoms with Crippen LogP contribution in [0.15, 0.2) is 60.8 Å². The molecule has 0 aliphatic heterocycles. The van der Waals surface area contributed by atoms with Crippen molar-refractivity contribution in [3.8, 4) is 0 Å². The molecule has 0 bridgehead atoms. The molecule has 2 N–H and O–H groups in total. The number of anilines is 3. The van der Waals surface area contributed by atoms with E-state index in [2.05, 4.69) is 15.6 Å². The molecule has 25 heavy (non-hydrogen) atoms. The van der Waals surface area contributed by atoms with Crippen molar-refractivity contribution in [1.29, 1.82) is 0 Å². The number of halogens is 2. The number of nitrogens with one attached hydrogen (secondary N) is 2. The first-order chi connectivity index (χ1) is 12.0. The summed E-state index contributed by atoms with van der Waals surface area (Å²) in [4.78, 5) is 16.3. The van der Waals surface area contributed by atoms with Gasteiger partial charge in [-0.15, -0.1) is 0 Å². The Labute approximate surface area is 149 Å². The molecule has 2 aromatic carbocycles. The molecule has 1 aromatic heterocycles. The SMILES string of the molecule is Cc1c(Cl)cccc1Nc1ccc(NC(=O)c2ccccc2F)cn1. The van der Waals surface area contributed by atoms with Gasteiger partial charge in [0.1, 0.15) is 11.6 Å². The van der Waals surface area contributed by atoms with Gasteiger partial charge >= 0.3 is 0 Å².